The van der Waals surface area contributed by atoms with Gasteiger partial charge in [-0.25, -0.2) is 0 Å². The van der Waals surface area contributed by atoms with Crippen molar-refractivity contribution in [3.05, 3.63) is 65.7 Å². The van der Waals surface area contributed by atoms with E-state index in [0.29, 0.717) is 25.2 Å². The van der Waals surface area contributed by atoms with Crippen molar-refractivity contribution in [3.8, 4) is 5.75 Å². The monoisotopic (exact) mass is 379 g/mol. The summed E-state index contributed by atoms with van der Waals surface area (Å²) in [4.78, 5) is 15.4. The van der Waals surface area contributed by atoms with Crippen molar-refractivity contribution in [2.24, 2.45) is 5.73 Å². The van der Waals surface area contributed by atoms with Crippen LogP contribution in [0.25, 0.3) is 0 Å². The van der Waals surface area contributed by atoms with Gasteiger partial charge in [0.15, 0.2) is 0 Å². The number of benzene rings is 2. The summed E-state index contributed by atoms with van der Waals surface area (Å²) in [5.41, 5.74) is 7.51. The molecule has 2 fully saturated rings. The number of nitrogens with zero attached hydrogens (tertiary/aromatic N) is 1. The van der Waals surface area contributed by atoms with E-state index >= 15 is 0 Å². The number of carbonyl (C=O) groups is 1. The Bertz CT molecular complexity index is 778. The Kier molecular flexibility index (Phi) is 5.93. The van der Waals surface area contributed by atoms with Crippen LogP contribution in [-0.4, -0.2) is 42.6 Å². The van der Waals surface area contributed by atoms with Crippen LogP contribution >= 0.6 is 0 Å². The van der Waals surface area contributed by atoms with Crippen molar-refractivity contribution < 1.29 is 9.53 Å². The number of likely N-dealkylation sites (tertiary alicyclic amines) is 1. The second-order valence-electron chi connectivity index (χ2n) is 7.70. The van der Waals surface area contributed by atoms with E-state index in [4.69, 9.17) is 10.5 Å². The third kappa shape index (κ3) is 4.05. The molecular formula is C23H29N3O2. The highest BCUT2D eigenvalue weighted by Gasteiger charge is 2.40. The van der Waals surface area contributed by atoms with Crippen LogP contribution in [0.3, 0.4) is 0 Å². The predicted molar refractivity (Wildman–Crippen MR) is 110 cm³/mol. The molecule has 1 amide bonds. The molecule has 5 nitrogen and oxygen atoms in total. The minimum Gasteiger partial charge on any atom is -0.492 e. The molecule has 0 unspecified atom stereocenters. The molecule has 2 aromatic rings. The largest absolute Gasteiger partial charge is 0.492 e. The van der Waals surface area contributed by atoms with Crippen molar-refractivity contribution in [2.45, 2.75) is 43.8 Å². The summed E-state index contributed by atoms with van der Waals surface area (Å²) < 4.78 is 5.53. The number of rotatable bonds is 5. The number of amides is 1. The van der Waals surface area contributed by atoms with E-state index in [0.717, 1.165) is 43.5 Å². The van der Waals surface area contributed by atoms with E-state index in [-0.39, 0.29) is 11.9 Å². The van der Waals surface area contributed by atoms with E-state index < -0.39 is 0 Å². The van der Waals surface area contributed by atoms with Gasteiger partial charge in [-0.15, -0.1) is 0 Å². The first-order valence-electron chi connectivity index (χ1n) is 10.3. The standard InChI is InChI=1S/C23H29N3O2/c24-13-15-28-19-11-9-18(10-12-19)23(27)26-14-5-4-8-20-22(26)16-21(25-20)17-6-2-1-3-7-17/h1-3,6-7,9-12,20-22,25H,4-5,8,13-16,24H2/t20-,21-,22+/m0/s1. The fraction of sp³-hybridized carbons (Fsp3) is 0.435. The molecule has 5 heteroatoms. The molecule has 0 spiro atoms. The summed E-state index contributed by atoms with van der Waals surface area (Å²) in [6, 6.07) is 18.9. The van der Waals surface area contributed by atoms with Gasteiger partial charge in [0.2, 0.25) is 0 Å². The van der Waals surface area contributed by atoms with Crippen LogP contribution in [0.5, 0.6) is 5.75 Å². The van der Waals surface area contributed by atoms with Gasteiger partial charge in [-0.2, -0.15) is 0 Å². The number of nitrogens with two attached hydrogens (primary N) is 1. The molecule has 2 heterocycles. The Morgan fingerprint density at radius 2 is 1.89 bits per heavy atom. The number of fused-ring (bicyclic) bond motifs is 1. The molecule has 28 heavy (non-hydrogen) atoms. The minimum atomic E-state index is 0.123. The van der Waals surface area contributed by atoms with Crippen molar-refractivity contribution in [2.75, 3.05) is 19.7 Å². The zero-order valence-corrected chi connectivity index (χ0v) is 16.2. The summed E-state index contributed by atoms with van der Waals surface area (Å²) in [7, 11) is 0. The molecule has 4 rings (SSSR count). The Balaban J connectivity index is 1.50. The summed E-state index contributed by atoms with van der Waals surface area (Å²) in [6.45, 7) is 1.79. The van der Waals surface area contributed by atoms with Crippen LogP contribution in [-0.2, 0) is 0 Å². The average Bonchev–Trinajstić information content (AvgIpc) is 3.07. The molecule has 0 aliphatic carbocycles. The zero-order chi connectivity index (χ0) is 19.3. The van der Waals surface area contributed by atoms with E-state index in [1.54, 1.807) is 0 Å². The molecule has 2 aliphatic rings. The molecule has 2 saturated heterocycles. The molecule has 0 aromatic heterocycles. The Morgan fingerprint density at radius 3 is 2.64 bits per heavy atom. The molecule has 3 N–H and O–H groups in total. The summed E-state index contributed by atoms with van der Waals surface area (Å²) >= 11 is 0. The molecule has 0 bridgehead atoms. The van der Waals surface area contributed by atoms with Crippen LogP contribution in [0.1, 0.15) is 47.6 Å². The Hall–Kier alpha value is -2.37. The summed E-state index contributed by atoms with van der Waals surface area (Å²) in [6.07, 6.45) is 4.32. The fourth-order valence-electron chi connectivity index (χ4n) is 4.48. The van der Waals surface area contributed by atoms with E-state index in [1.807, 2.05) is 30.3 Å². The molecule has 148 valence electrons. The number of hydrogen-bond donors (Lipinski definition) is 2. The lowest BCUT2D eigenvalue weighted by Gasteiger charge is -2.30. The highest BCUT2D eigenvalue weighted by atomic mass is 16.5. The van der Waals surface area contributed by atoms with Gasteiger partial charge in [-0.1, -0.05) is 36.8 Å². The van der Waals surface area contributed by atoms with E-state index in [2.05, 4.69) is 34.5 Å². The van der Waals surface area contributed by atoms with Crippen LogP contribution < -0.4 is 15.8 Å². The second-order valence-corrected chi connectivity index (χ2v) is 7.70. The van der Waals surface area contributed by atoms with Crippen molar-refractivity contribution >= 4 is 5.91 Å². The van der Waals surface area contributed by atoms with Gasteiger partial charge in [0.1, 0.15) is 12.4 Å². The van der Waals surface area contributed by atoms with Gasteiger partial charge in [-0.05, 0) is 49.1 Å². The number of carbonyl (C=O) groups excluding carboxylic acids is 1. The SMILES string of the molecule is NCCOc1ccc(C(=O)N2CCCC[C@@H]3N[C@H](c4ccccc4)C[C@H]32)cc1. The van der Waals surface area contributed by atoms with Crippen LogP contribution in [0, 0.1) is 0 Å². The van der Waals surface area contributed by atoms with Crippen LogP contribution in [0.2, 0.25) is 0 Å². The van der Waals surface area contributed by atoms with Crippen LogP contribution in [0.4, 0.5) is 0 Å². The van der Waals surface area contributed by atoms with Gasteiger partial charge in [0.25, 0.3) is 5.91 Å². The summed E-state index contributed by atoms with van der Waals surface area (Å²) in [5.74, 6) is 0.875. The van der Waals surface area contributed by atoms with Crippen molar-refractivity contribution in [3.63, 3.8) is 0 Å². The third-order valence-electron chi connectivity index (χ3n) is 5.87. The van der Waals surface area contributed by atoms with Crippen LogP contribution in [0.15, 0.2) is 54.6 Å². The van der Waals surface area contributed by atoms with Gasteiger partial charge in [-0.3, -0.25) is 4.79 Å². The maximum atomic E-state index is 13.3. The fourth-order valence-corrected chi connectivity index (χ4v) is 4.48. The van der Waals surface area contributed by atoms with Gasteiger partial charge in [0, 0.05) is 36.8 Å². The number of ether oxygens (including phenoxy) is 1. The Morgan fingerprint density at radius 1 is 1.11 bits per heavy atom. The minimum absolute atomic E-state index is 0.123. The normalized spacial score (nSPS) is 24.5. The maximum absolute atomic E-state index is 13.3. The highest BCUT2D eigenvalue weighted by Crippen LogP contribution is 2.34. The molecule has 2 aromatic carbocycles. The molecule has 3 atom stereocenters. The molecular weight excluding hydrogens is 350 g/mol. The first kappa shape index (κ1) is 19.0. The topological polar surface area (TPSA) is 67.6 Å². The van der Waals surface area contributed by atoms with Gasteiger partial charge in [0.05, 0.1) is 0 Å². The average molecular weight is 380 g/mol. The first-order chi connectivity index (χ1) is 13.8. The summed E-state index contributed by atoms with van der Waals surface area (Å²) in [5, 5.41) is 3.79. The van der Waals surface area contributed by atoms with Crippen molar-refractivity contribution in [1.82, 2.24) is 10.2 Å². The second kappa shape index (κ2) is 8.76. The van der Waals surface area contributed by atoms with Gasteiger partial charge < -0.3 is 20.7 Å². The lowest BCUT2D eigenvalue weighted by atomic mass is 10.00. The lowest BCUT2D eigenvalue weighted by molar-refractivity contribution is 0.0677. The van der Waals surface area contributed by atoms with Gasteiger partial charge >= 0.3 is 0 Å². The smallest absolute Gasteiger partial charge is 0.254 e. The van der Waals surface area contributed by atoms with E-state index in [1.165, 1.54) is 5.56 Å². The third-order valence-corrected chi connectivity index (χ3v) is 5.87. The quantitative estimate of drug-likeness (QED) is 0.838. The predicted octanol–water partition coefficient (Wildman–Crippen LogP) is 3.12. The Labute approximate surface area is 166 Å². The lowest BCUT2D eigenvalue weighted by Crippen LogP contribution is -2.45. The molecule has 0 radical (unpaired) electrons. The number of nitrogens with one attached hydrogen (secondary N) is 1. The number of hydrogen-bond acceptors (Lipinski definition) is 4. The maximum Gasteiger partial charge on any atom is 0.254 e. The van der Waals surface area contributed by atoms with E-state index in [9.17, 15) is 4.79 Å². The van der Waals surface area contributed by atoms with Crippen molar-refractivity contribution in [1.29, 1.82) is 0 Å². The highest BCUT2D eigenvalue weighted by molar-refractivity contribution is 5.94. The molecule has 0 saturated carbocycles. The first-order valence-corrected chi connectivity index (χ1v) is 10.3. The molecule has 2 aliphatic heterocycles. The zero-order valence-electron chi connectivity index (χ0n) is 16.2.